The fraction of sp³-hybridized carbons (Fsp3) is 0.625. The Balaban J connectivity index is 1.79. The molecule has 3 unspecified atom stereocenters. The molecular formula is C16H23NO. The standard InChI is InChI=1S/C16H23NO/c1-3-17-15-6-5-14(11(15)2)12-4-7-16-13(10-12)8-9-18-16/h4,7,10-11,14-15,17H,3,5-6,8-9H2,1-2H3. The molecule has 98 valence electrons. The first-order chi connectivity index (χ1) is 8.79. The van der Waals surface area contributed by atoms with E-state index in [1.54, 1.807) is 0 Å². The lowest BCUT2D eigenvalue weighted by Crippen LogP contribution is -2.32. The molecule has 0 amide bonds. The highest BCUT2D eigenvalue weighted by atomic mass is 16.5. The number of hydrogen-bond donors (Lipinski definition) is 1. The lowest BCUT2D eigenvalue weighted by Gasteiger charge is -2.22. The number of benzene rings is 1. The Morgan fingerprint density at radius 3 is 3.06 bits per heavy atom. The summed E-state index contributed by atoms with van der Waals surface area (Å²) in [6, 6.07) is 7.53. The SMILES string of the molecule is CCNC1CCC(c2ccc3c(c2)CCO3)C1C. The summed E-state index contributed by atoms with van der Waals surface area (Å²) in [5.41, 5.74) is 2.93. The third kappa shape index (κ3) is 2.03. The minimum Gasteiger partial charge on any atom is -0.493 e. The first-order valence-corrected chi connectivity index (χ1v) is 7.28. The van der Waals surface area contributed by atoms with E-state index in [1.807, 2.05) is 0 Å². The average molecular weight is 245 g/mol. The van der Waals surface area contributed by atoms with Crippen molar-refractivity contribution in [3.63, 3.8) is 0 Å². The van der Waals surface area contributed by atoms with Crippen molar-refractivity contribution in [1.29, 1.82) is 0 Å². The molecule has 0 saturated heterocycles. The second-order valence-corrected chi connectivity index (χ2v) is 5.67. The Morgan fingerprint density at radius 1 is 1.33 bits per heavy atom. The molecule has 0 bridgehead atoms. The van der Waals surface area contributed by atoms with Gasteiger partial charge in [0, 0.05) is 12.5 Å². The van der Waals surface area contributed by atoms with Crippen molar-refractivity contribution in [2.75, 3.05) is 13.2 Å². The first-order valence-electron chi connectivity index (χ1n) is 7.28. The van der Waals surface area contributed by atoms with E-state index in [0.717, 1.165) is 37.2 Å². The summed E-state index contributed by atoms with van der Waals surface area (Å²) in [6.45, 7) is 6.54. The van der Waals surface area contributed by atoms with Crippen molar-refractivity contribution >= 4 is 0 Å². The summed E-state index contributed by atoms with van der Waals surface area (Å²) < 4.78 is 5.59. The topological polar surface area (TPSA) is 21.3 Å². The summed E-state index contributed by atoms with van der Waals surface area (Å²) in [5.74, 6) is 2.57. The smallest absolute Gasteiger partial charge is 0.122 e. The Morgan fingerprint density at radius 2 is 2.22 bits per heavy atom. The van der Waals surface area contributed by atoms with E-state index in [4.69, 9.17) is 4.74 Å². The molecule has 1 saturated carbocycles. The van der Waals surface area contributed by atoms with Crippen LogP contribution in [0.3, 0.4) is 0 Å². The van der Waals surface area contributed by atoms with Gasteiger partial charge in [0.05, 0.1) is 6.61 Å². The van der Waals surface area contributed by atoms with Crippen molar-refractivity contribution in [1.82, 2.24) is 5.32 Å². The van der Waals surface area contributed by atoms with Gasteiger partial charge in [0.1, 0.15) is 5.75 Å². The molecule has 2 heteroatoms. The van der Waals surface area contributed by atoms with Crippen LogP contribution in [-0.2, 0) is 6.42 Å². The summed E-state index contributed by atoms with van der Waals surface area (Å²) in [4.78, 5) is 0. The minimum absolute atomic E-state index is 0.699. The Bertz CT molecular complexity index is 429. The molecule has 18 heavy (non-hydrogen) atoms. The lowest BCUT2D eigenvalue weighted by atomic mass is 9.88. The average Bonchev–Trinajstić information content (AvgIpc) is 2.97. The fourth-order valence-corrected chi connectivity index (χ4v) is 3.62. The molecular weight excluding hydrogens is 222 g/mol. The van der Waals surface area contributed by atoms with Gasteiger partial charge < -0.3 is 10.1 Å². The zero-order valence-corrected chi connectivity index (χ0v) is 11.4. The quantitative estimate of drug-likeness (QED) is 0.883. The molecule has 1 N–H and O–H groups in total. The van der Waals surface area contributed by atoms with Gasteiger partial charge in [-0.25, -0.2) is 0 Å². The molecule has 3 atom stereocenters. The highest BCUT2D eigenvalue weighted by molar-refractivity contribution is 5.41. The number of hydrogen-bond acceptors (Lipinski definition) is 2. The third-order valence-electron chi connectivity index (χ3n) is 4.67. The van der Waals surface area contributed by atoms with Gasteiger partial charge in [-0.3, -0.25) is 0 Å². The fourth-order valence-electron chi connectivity index (χ4n) is 3.62. The van der Waals surface area contributed by atoms with Gasteiger partial charge in [-0.05, 0) is 48.4 Å². The zero-order chi connectivity index (χ0) is 12.5. The Kier molecular flexibility index (Phi) is 3.29. The van der Waals surface area contributed by atoms with Crippen LogP contribution in [0.4, 0.5) is 0 Å². The molecule has 0 aromatic heterocycles. The second-order valence-electron chi connectivity index (χ2n) is 5.67. The van der Waals surface area contributed by atoms with Crippen LogP contribution in [0.15, 0.2) is 18.2 Å². The highest BCUT2D eigenvalue weighted by Crippen LogP contribution is 2.41. The van der Waals surface area contributed by atoms with Crippen LogP contribution in [0.1, 0.15) is 43.7 Å². The van der Waals surface area contributed by atoms with Crippen molar-refractivity contribution in [3.05, 3.63) is 29.3 Å². The Hall–Kier alpha value is -1.02. The van der Waals surface area contributed by atoms with Crippen LogP contribution in [0, 0.1) is 5.92 Å². The van der Waals surface area contributed by atoms with Crippen molar-refractivity contribution < 1.29 is 4.74 Å². The van der Waals surface area contributed by atoms with E-state index in [9.17, 15) is 0 Å². The number of fused-ring (bicyclic) bond motifs is 1. The van der Waals surface area contributed by atoms with E-state index in [0.29, 0.717) is 6.04 Å². The number of nitrogens with one attached hydrogen (secondary N) is 1. The molecule has 0 radical (unpaired) electrons. The van der Waals surface area contributed by atoms with Crippen LogP contribution in [0.25, 0.3) is 0 Å². The van der Waals surface area contributed by atoms with Gasteiger partial charge in [-0.1, -0.05) is 26.0 Å². The van der Waals surface area contributed by atoms with Gasteiger partial charge >= 0.3 is 0 Å². The molecule has 2 aliphatic rings. The molecule has 3 rings (SSSR count). The largest absolute Gasteiger partial charge is 0.493 e. The summed E-state index contributed by atoms with van der Waals surface area (Å²) in [5, 5.41) is 3.62. The maximum Gasteiger partial charge on any atom is 0.122 e. The number of rotatable bonds is 3. The Labute approximate surface area is 110 Å². The molecule has 2 nitrogen and oxygen atoms in total. The zero-order valence-electron chi connectivity index (χ0n) is 11.4. The lowest BCUT2D eigenvalue weighted by molar-refractivity contribution is 0.356. The second kappa shape index (κ2) is 4.93. The molecule has 1 aromatic carbocycles. The van der Waals surface area contributed by atoms with Gasteiger partial charge in [-0.2, -0.15) is 0 Å². The van der Waals surface area contributed by atoms with Gasteiger partial charge in [-0.15, -0.1) is 0 Å². The predicted octanol–water partition coefficient (Wildman–Crippen LogP) is 3.11. The molecule has 1 aliphatic carbocycles. The normalized spacial score (nSPS) is 30.2. The van der Waals surface area contributed by atoms with Gasteiger partial charge in [0.25, 0.3) is 0 Å². The van der Waals surface area contributed by atoms with Crippen molar-refractivity contribution in [3.8, 4) is 5.75 Å². The van der Waals surface area contributed by atoms with Crippen LogP contribution in [-0.4, -0.2) is 19.2 Å². The number of ether oxygens (including phenoxy) is 1. The van der Waals surface area contributed by atoms with Gasteiger partial charge in [0.2, 0.25) is 0 Å². The van der Waals surface area contributed by atoms with Crippen molar-refractivity contribution in [2.24, 2.45) is 5.92 Å². The van der Waals surface area contributed by atoms with Gasteiger partial charge in [0.15, 0.2) is 0 Å². The van der Waals surface area contributed by atoms with E-state index in [2.05, 4.69) is 37.4 Å². The van der Waals surface area contributed by atoms with E-state index >= 15 is 0 Å². The van der Waals surface area contributed by atoms with Crippen molar-refractivity contribution in [2.45, 2.75) is 45.1 Å². The monoisotopic (exact) mass is 245 g/mol. The van der Waals surface area contributed by atoms with E-state index in [-0.39, 0.29) is 0 Å². The molecule has 1 aliphatic heterocycles. The first kappa shape index (κ1) is 12.0. The summed E-state index contributed by atoms with van der Waals surface area (Å²) >= 11 is 0. The maximum absolute atomic E-state index is 5.59. The maximum atomic E-state index is 5.59. The predicted molar refractivity (Wildman–Crippen MR) is 74.2 cm³/mol. The molecule has 0 spiro atoms. The highest BCUT2D eigenvalue weighted by Gasteiger charge is 2.33. The summed E-state index contributed by atoms with van der Waals surface area (Å²) in [7, 11) is 0. The van der Waals surface area contributed by atoms with Crippen LogP contribution < -0.4 is 10.1 Å². The van der Waals surface area contributed by atoms with E-state index in [1.165, 1.54) is 24.0 Å². The molecule has 1 fully saturated rings. The molecule has 1 heterocycles. The molecule has 1 aromatic rings. The minimum atomic E-state index is 0.699. The van der Waals surface area contributed by atoms with E-state index < -0.39 is 0 Å². The van der Waals surface area contributed by atoms with Crippen LogP contribution in [0.2, 0.25) is 0 Å². The summed E-state index contributed by atoms with van der Waals surface area (Å²) in [6.07, 6.45) is 3.71. The van der Waals surface area contributed by atoms with Crippen LogP contribution >= 0.6 is 0 Å². The van der Waals surface area contributed by atoms with Crippen LogP contribution in [0.5, 0.6) is 5.75 Å². The third-order valence-corrected chi connectivity index (χ3v) is 4.67.